The summed E-state index contributed by atoms with van der Waals surface area (Å²) in [6.45, 7) is 3.66. The van der Waals surface area contributed by atoms with Gasteiger partial charge in [-0.1, -0.05) is 0 Å². The van der Waals surface area contributed by atoms with Gasteiger partial charge in [0.25, 0.3) is 0 Å². The van der Waals surface area contributed by atoms with Gasteiger partial charge in [-0.25, -0.2) is 0 Å². The Morgan fingerprint density at radius 3 is 2.80 bits per heavy atom. The number of piperidine rings is 1. The van der Waals surface area contributed by atoms with Crippen LogP contribution in [0.5, 0.6) is 0 Å². The van der Waals surface area contributed by atoms with Crippen molar-refractivity contribution in [3.8, 4) is 0 Å². The number of carbonyl (C=O) groups excluding carboxylic acids is 1. The third kappa shape index (κ3) is 3.18. The fraction of sp³-hybridized carbons (Fsp3) is 0.909. The molecule has 4 nitrogen and oxygen atoms in total. The molecule has 0 spiro atoms. The van der Waals surface area contributed by atoms with Crippen LogP contribution in [0.1, 0.15) is 32.6 Å². The molecule has 0 aromatic rings. The number of likely N-dealkylation sites (tertiary alicyclic amines) is 1. The Morgan fingerprint density at radius 1 is 1.47 bits per heavy atom. The summed E-state index contributed by atoms with van der Waals surface area (Å²) in [5.74, 6) is 0.180. The molecule has 0 radical (unpaired) electrons. The van der Waals surface area contributed by atoms with Gasteiger partial charge in [0.2, 0.25) is 5.91 Å². The highest BCUT2D eigenvalue weighted by molar-refractivity contribution is 5.78. The topological polar surface area (TPSA) is 58.4 Å². The Kier molecular flexibility index (Phi) is 3.26. The van der Waals surface area contributed by atoms with E-state index < -0.39 is 0 Å². The molecule has 4 heteroatoms. The molecule has 0 aromatic heterocycles. The summed E-state index contributed by atoms with van der Waals surface area (Å²) >= 11 is 0. The zero-order chi connectivity index (χ0) is 10.8. The molecule has 3 N–H and O–H groups in total. The predicted molar refractivity (Wildman–Crippen MR) is 59.4 cm³/mol. The first-order valence-electron chi connectivity index (χ1n) is 5.94. The van der Waals surface area contributed by atoms with Gasteiger partial charge in [0.05, 0.1) is 6.54 Å². The van der Waals surface area contributed by atoms with Crippen LogP contribution in [0.4, 0.5) is 0 Å². The number of hydrogen-bond acceptors (Lipinski definition) is 3. The Labute approximate surface area is 91.2 Å². The number of nitrogens with two attached hydrogens (primary N) is 1. The van der Waals surface area contributed by atoms with E-state index in [1.807, 2.05) is 0 Å². The Morgan fingerprint density at radius 2 is 2.20 bits per heavy atom. The van der Waals surface area contributed by atoms with Crippen LogP contribution in [0.3, 0.4) is 0 Å². The van der Waals surface area contributed by atoms with Crippen LogP contribution in [0.25, 0.3) is 0 Å². The van der Waals surface area contributed by atoms with Gasteiger partial charge in [-0.05, 0) is 32.6 Å². The molecular formula is C11H21N3O. The Bertz CT molecular complexity index is 240. The van der Waals surface area contributed by atoms with E-state index in [0.717, 1.165) is 32.2 Å². The molecule has 2 fully saturated rings. The van der Waals surface area contributed by atoms with Crippen molar-refractivity contribution < 1.29 is 4.79 Å². The van der Waals surface area contributed by atoms with E-state index in [1.54, 1.807) is 0 Å². The molecule has 1 heterocycles. The zero-order valence-electron chi connectivity index (χ0n) is 9.41. The van der Waals surface area contributed by atoms with Crippen molar-refractivity contribution in [2.24, 2.45) is 5.73 Å². The van der Waals surface area contributed by atoms with E-state index in [9.17, 15) is 4.79 Å². The van der Waals surface area contributed by atoms with Crippen molar-refractivity contribution in [3.05, 3.63) is 0 Å². The van der Waals surface area contributed by atoms with Gasteiger partial charge >= 0.3 is 0 Å². The highest BCUT2D eigenvalue weighted by Gasteiger charge is 2.27. The molecule has 1 saturated carbocycles. The van der Waals surface area contributed by atoms with Crippen LogP contribution in [0.2, 0.25) is 0 Å². The van der Waals surface area contributed by atoms with Crippen molar-refractivity contribution in [1.29, 1.82) is 0 Å². The maximum atomic E-state index is 11.6. The fourth-order valence-corrected chi connectivity index (χ4v) is 2.18. The standard InChI is InChI=1S/C11H21N3O/c1-8-6-9(12)4-5-14(8)7-11(15)13-10-2-3-10/h8-10H,2-7,12H2,1H3,(H,13,15). The maximum Gasteiger partial charge on any atom is 0.234 e. The first-order valence-corrected chi connectivity index (χ1v) is 5.94. The Balaban J connectivity index is 1.75. The quantitative estimate of drug-likeness (QED) is 0.695. The lowest BCUT2D eigenvalue weighted by atomic mass is 9.99. The van der Waals surface area contributed by atoms with Crippen molar-refractivity contribution in [2.75, 3.05) is 13.1 Å². The molecule has 2 rings (SSSR count). The SMILES string of the molecule is CC1CC(N)CCN1CC(=O)NC1CC1. The van der Waals surface area contributed by atoms with Gasteiger partial charge in [-0.2, -0.15) is 0 Å². The minimum Gasteiger partial charge on any atom is -0.352 e. The molecule has 15 heavy (non-hydrogen) atoms. The largest absolute Gasteiger partial charge is 0.352 e. The number of amides is 1. The second kappa shape index (κ2) is 4.49. The third-order valence-electron chi connectivity index (χ3n) is 3.34. The van der Waals surface area contributed by atoms with Crippen molar-refractivity contribution in [3.63, 3.8) is 0 Å². The Hall–Kier alpha value is -0.610. The minimum absolute atomic E-state index is 0.180. The third-order valence-corrected chi connectivity index (χ3v) is 3.34. The zero-order valence-corrected chi connectivity index (χ0v) is 9.41. The fourth-order valence-electron chi connectivity index (χ4n) is 2.18. The minimum atomic E-state index is 0.180. The number of hydrogen-bond donors (Lipinski definition) is 2. The van der Waals surface area contributed by atoms with E-state index >= 15 is 0 Å². The molecule has 1 amide bonds. The predicted octanol–water partition coefficient (Wildman–Crippen LogP) is 0.0766. The van der Waals surface area contributed by atoms with Gasteiger partial charge < -0.3 is 11.1 Å². The number of nitrogens with one attached hydrogen (secondary N) is 1. The average molecular weight is 211 g/mol. The first-order chi connectivity index (χ1) is 7.15. The lowest BCUT2D eigenvalue weighted by Gasteiger charge is -2.35. The highest BCUT2D eigenvalue weighted by Crippen LogP contribution is 2.19. The second-order valence-electron chi connectivity index (χ2n) is 4.95. The van der Waals surface area contributed by atoms with Gasteiger partial charge in [0.15, 0.2) is 0 Å². The summed E-state index contributed by atoms with van der Waals surface area (Å²) in [6, 6.07) is 1.24. The van der Waals surface area contributed by atoms with Crippen LogP contribution < -0.4 is 11.1 Å². The first kappa shape index (κ1) is 10.9. The molecule has 2 atom stereocenters. The molecule has 0 bridgehead atoms. The molecule has 1 aliphatic heterocycles. The smallest absolute Gasteiger partial charge is 0.234 e. The van der Waals surface area contributed by atoms with E-state index in [4.69, 9.17) is 5.73 Å². The number of rotatable bonds is 3. The molecule has 2 unspecified atom stereocenters. The monoisotopic (exact) mass is 211 g/mol. The lowest BCUT2D eigenvalue weighted by Crippen LogP contribution is -2.49. The summed E-state index contributed by atoms with van der Waals surface area (Å²) in [5, 5.41) is 3.02. The van der Waals surface area contributed by atoms with Crippen LogP contribution >= 0.6 is 0 Å². The van der Waals surface area contributed by atoms with Crippen LogP contribution in [-0.2, 0) is 4.79 Å². The normalized spacial score (nSPS) is 32.7. The van der Waals surface area contributed by atoms with E-state index in [0.29, 0.717) is 24.7 Å². The van der Waals surface area contributed by atoms with E-state index in [-0.39, 0.29) is 5.91 Å². The van der Waals surface area contributed by atoms with Gasteiger partial charge in [-0.3, -0.25) is 9.69 Å². The molecular weight excluding hydrogens is 190 g/mol. The van der Waals surface area contributed by atoms with Crippen molar-refractivity contribution in [1.82, 2.24) is 10.2 Å². The van der Waals surface area contributed by atoms with Crippen LogP contribution in [0.15, 0.2) is 0 Å². The number of carbonyl (C=O) groups is 1. The van der Waals surface area contributed by atoms with Gasteiger partial charge in [0.1, 0.15) is 0 Å². The summed E-state index contributed by atoms with van der Waals surface area (Å²) in [6.07, 6.45) is 4.34. The van der Waals surface area contributed by atoms with Gasteiger partial charge in [0, 0.05) is 24.7 Å². The number of nitrogens with zero attached hydrogens (tertiary/aromatic N) is 1. The van der Waals surface area contributed by atoms with Crippen molar-refractivity contribution in [2.45, 2.75) is 50.7 Å². The molecule has 86 valence electrons. The maximum absolute atomic E-state index is 11.6. The highest BCUT2D eigenvalue weighted by atomic mass is 16.2. The van der Waals surface area contributed by atoms with Gasteiger partial charge in [-0.15, -0.1) is 0 Å². The summed E-state index contributed by atoms with van der Waals surface area (Å²) in [5.41, 5.74) is 5.88. The molecule has 2 aliphatic rings. The summed E-state index contributed by atoms with van der Waals surface area (Å²) in [4.78, 5) is 13.8. The average Bonchev–Trinajstić information content (AvgIpc) is 2.94. The van der Waals surface area contributed by atoms with E-state index in [1.165, 1.54) is 0 Å². The summed E-state index contributed by atoms with van der Waals surface area (Å²) in [7, 11) is 0. The molecule has 0 aromatic carbocycles. The second-order valence-corrected chi connectivity index (χ2v) is 4.95. The lowest BCUT2D eigenvalue weighted by molar-refractivity contribution is -0.123. The van der Waals surface area contributed by atoms with E-state index in [2.05, 4.69) is 17.1 Å². The van der Waals surface area contributed by atoms with Crippen molar-refractivity contribution >= 4 is 5.91 Å². The van der Waals surface area contributed by atoms with Crippen LogP contribution in [-0.4, -0.2) is 42.0 Å². The summed E-state index contributed by atoms with van der Waals surface area (Å²) < 4.78 is 0. The molecule has 1 aliphatic carbocycles. The molecule has 1 saturated heterocycles. The van der Waals surface area contributed by atoms with Crippen LogP contribution in [0, 0.1) is 0 Å².